The molecule has 0 aliphatic carbocycles. The zero-order valence-electron chi connectivity index (χ0n) is 8.98. The van der Waals surface area contributed by atoms with Gasteiger partial charge in [0, 0.05) is 5.56 Å². The Morgan fingerprint density at radius 3 is 2.44 bits per heavy atom. The van der Waals surface area contributed by atoms with E-state index in [0.717, 1.165) is 12.3 Å². The first kappa shape index (κ1) is 16.0. The number of nitrogens with one attached hydrogen (secondary N) is 1. The van der Waals surface area contributed by atoms with Gasteiger partial charge in [-0.05, 0) is 6.07 Å². The first-order valence-corrected chi connectivity index (χ1v) is 4.44. The lowest BCUT2D eigenvalue weighted by atomic mass is 10.1. The van der Waals surface area contributed by atoms with Crippen LogP contribution < -0.4 is 17.0 Å². The Morgan fingerprint density at radius 1 is 1.28 bits per heavy atom. The molecule has 0 aliphatic rings. The fourth-order valence-electron chi connectivity index (χ4n) is 1.06. The van der Waals surface area contributed by atoms with E-state index in [9.17, 15) is 13.2 Å². The van der Waals surface area contributed by atoms with Crippen LogP contribution >= 0.6 is 12.4 Å². The van der Waals surface area contributed by atoms with Gasteiger partial charge >= 0.3 is 6.18 Å². The summed E-state index contributed by atoms with van der Waals surface area (Å²) in [5, 5.41) is 6.51. The minimum Gasteiger partial charge on any atom is -0.367 e. The van der Waals surface area contributed by atoms with Crippen LogP contribution in [-0.2, 0) is 6.18 Å². The highest BCUT2D eigenvalue weighted by atomic mass is 35.5. The number of halogens is 4. The van der Waals surface area contributed by atoms with Gasteiger partial charge in [0.25, 0.3) is 0 Å². The molecule has 0 heterocycles. The monoisotopic (exact) mass is 281 g/mol. The fraction of sp³-hybridized carbons (Fsp3) is 0.111. The van der Waals surface area contributed by atoms with Crippen molar-refractivity contribution in [3.8, 4) is 0 Å². The molecule has 5 nitrogen and oxygen atoms in total. The summed E-state index contributed by atoms with van der Waals surface area (Å²) in [5.41, 5.74) is 6.43. The van der Waals surface area contributed by atoms with Crippen molar-refractivity contribution in [3.63, 3.8) is 0 Å². The summed E-state index contributed by atoms with van der Waals surface area (Å²) in [6.45, 7) is 0. The molecule has 0 bridgehead atoms. The van der Waals surface area contributed by atoms with E-state index >= 15 is 0 Å². The maximum atomic E-state index is 12.5. The Kier molecular flexibility index (Phi) is 5.97. The Labute approximate surface area is 107 Å². The predicted molar refractivity (Wildman–Crippen MR) is 65.2 cm³/mol. The lowest BCUT2D eigenvalue weighted by Gasteiger charge is -2.09. The smallest absolute Gasteiger partial charge is 0.367 e. The van der Waals surface area contributed by atoms with Crippen molar-refractivity contribution >= 4 is 24.6 Å². The topological polar surface area (TPSA) is 88.8 Å². The second-order valence-electron chi connectivity index (χ2n) is 2.97. The first-order chi connectivity index (χ1) is 7.95. The van der Waals surface area contributed by atoms with Crippen molar-refractivity contribution in [2.75, 3.05) is 0 Å². The van der Waals surface area contributed by atoms with Crippen LogP contribution in [0.4, 0.5) is 13.2 Å². The average Bonchev–Trinajstić information content (AvgIpc) is 2.28. The molecule has 1 rings (SSSR count). The Morgan fingerprint density at radius 2 is 1.89 bits per heavy atom. The van der Waals surface area contributed by atoms with Gasteiger partial charge in [-0.3, -0.25) is 0 Å². The predicted octanol–water partition coefficient (Wildman–Crippen LogP) is 1.24. The lowest BCUT2D eigenvalue weighted by molar-refractivity contribution is -0.137. The van der Waals surface area contributed by atoms with Crippen LogP contribution in [0, 0.1) is 0 Å². The van der Waals surface area contributed by atoms with E-state index in [2.05, 4.69) is 15.6 Å². The third-order valence-electron chi connectivity index (χ3n) is 1.79. The maximum absolute atomic E-state index is 12.5. The largest absolute Gasteiger partial charge is 0.417 e. The van der Waals surface area contributed by atoms with Crippen LogP contribution in [0.5, 0.6) is 0 Å². The van der Waals surface area contributed by atoms with E-state index in [1.165, 1.54) is 18.2 Å². The Hall–Kier alpha value is -1.96. The molecule has 0 amide bonds. The third kappa shape index (κ3) is 4.50. The zero-order valence-corrected chi connectivity index (χ0v) is 9.79. The number of nitrogens with two attached hydrogens (primary N) is 2. The molecule has 9 heteroatoms. The number of nitrogens with zero attached hydrogens (tertiary/aromatic N) is 2. The molecule has 100 valence electrons. The second kappa shape index (κ2) is 6.70. The molecule has 0 spiro atoms. The quantitative estimate of drug-likeness (QED) is 0.330. The Balaban J connectivity index is 0.00000289. The highest BCUT2D eigenvalue weighted by Crippen LogP contribution is 2.30. The number of rotatable bonds is 2. The molecule has 5 N–H and O–H groups in total. The highest BCUT2D eigenvalue weighted by molar-refractivity contribution is 5.85. The number of alkyl halides is 3. The minimum atomic E-state index is -4.43. The van der Waals surface area contributed by atoms with Gasteiger partial charge in [-0.2, -0.15) is 18.3 Å². The molecule has 0 radical (unpaired) electrons. The molecule has 0 aromatic heterocycles. The van der Waals surface area contributed by atoms with E-state index < -0.39 is 11.7 Å². The van der Waals surface area contributed by atoms with Crippen molar-refractivity contribution < 1.29 is 13.2 Å². The molecule has 0 unspecified atom stereocenters. The van der Waals surface area contributed by atoms with E-state index in [1.807, 2.05) is 0 Å². The van der Waals surface area contributed by atoms with Gasteiger partial charge in [-0.25, -0.2) is 5.43 Å². The summed E-state index contributed by atoms with van der Waals surface area (Å²) in [4.78, 5) is 0. The van der Waals surface area contributed by atoms with Crippen LogP contribution in [0.2, 0.25) is 0 Å². The normalized spacial score (nSPS) is 12.3. The van der Waals surface area contributed by atoms with Crippen LogP contribution in [-0.4, -0.2) is 12.2 Å². The third-order valence-corrected chi connectivity index (χ3v) is 1.79. The molecule has 1 aromatic rings. The van der Waals surface area contributed by atoms with E-state index in [1.54, 1.807) is 0 Å². The van der Waals surface area contributed by atoms with E-state index in [-0.39, 0.29) is 23.9 Å². The first-order valence-electron chi connectivity index (χ1n) is 4.44. The zero-order chi connectivity index (χ0) is 12.9. The number of hydrogen-bond acceptors (Lipinski definition) is 3. The number of hydrazone groups is 2. The fourth-order valence-corrected chi connectivity index (χ4v) is 1.06. The van der Waals surface area contributed by atoms with Gasteiger partial charge in [-0.1, -0.05) is 18.2 Å². The number of guanidine groups is 1. The summed E-state index contributed by atoms with van der Waals surface area (Å²) in [6.07, 6.45) is -3.45. The molecule has 0 fully saturated rings. The van der Waals surface area contributed by atoms with Crippen LogP contribution in [0.3, 0.4) is 0 Å². The number of hydrogen-bond donors (Lipinski definition) is 3. The molecule has 0 aliphatic heterocycles. The van der Waals surface area contributed by atoms with Crippen molar-refractivity contribution in [2.24, 2.45) is 21.8 Å². The number of benzene rings is 1. The van der Waals surface area contributed by atoms with E-state index in [0.29, 0.717) is 0 Å². The summed E-state index contributed by atoms with van der Waals surface area (Å²) in [6, 6.07) is 5.01. The SMILES string of the molecule is Cl.NN=C(N)N/N=C/c1ccccc1C(F)(F)F. The van der Waals surface area contributed by atoms with Crippen molar-refractivity contribution in [2.45, 2.75) is 6.18 Å². The standard InChI is InChI=1S/C9H10F3N5.ClH/c10-9(11,12)7-4-2-1-3-6(7)5-15-17-8(13)16-14;/h1-5H,14H2,(H3,13,16,17);1H/b15-5+;. The van der Waals surface area contributed by atoms with Crippen LogP contribution in [0.15, 0.2) is 34.5 Å². The van der Waals surface area contributed by atoms with Gasteiger partial charge in [-0.15, -0.1) is 17.5 Å². The molecule has 0 atom stereocenters. The maximum Gasteiger partial charge on any atom is 0.417 e. The highest BCUT2D eigenvalue weighted by Gasteiger charge is 2.32. The molecular formula is C9H11ClF3N5. The minimum absolute atomic E-state index is 0. The van der Waals surface area contributed by atoms with Gasteiger partial charge < -0.3 is 11.6 Å². The summed E-state index contributed by atoms with van der Waals surface area (Å²) >= 11 is 0. The van der Waals surface area contributed by atoms with Gasteiger partial charge in [0.05, 0.1) is 11.8 Å². The second-order valence-corrected chi connectivity index (χ2v) is 2.97. The average molecular weight is 282 g/mol. The molecule has 0 saturated carbocycles. The molecule has 18 heavy (non-hydrogen) atoms. The lowest BCUT2D eigenvalue weighted by Crippen LogP contribution is -2.28. The van der Waals surface area contributed by atoms with Crippen molar-refractivity contribution in [1.29, 1.82) is 0 Å². The molecule has 0 saturated heterocycles. The van der Waals surface area contributed by atoms with Crippen molar-refractivity contribution in [1.82, 2.24) is 5.43 Å². The molecule has 1 aromatic carbocycles. The summed E-state index contributed by atoms with van der Waals surface area (Å²) in [5.74, 6) is 4.59. The summed E-state index contributed by atoms with van der Waals surface area (Å²) < 4.78 is 37.6. The van der Waals surface area contributed by atoms with Crippen LogP contribution in [0.25, 0.3) is 0 Å². The molecular weight excluding hydrogens is 271 g/mol. The van der Waals surface area contributed by atoms with Crippen LogP contribution in [0.1, 0.15) is 11.1 Å². The van der Waals surface area contributed by atoms with E-state index in [4.69, 9.17) is 11.6 Å². The summed E-state index contributed by atoms with van der Waals surface area (Å²) in [7, 11) is 0. The van der Waals surface area contributed by atoms with Gasteiger partial charge in [0.2, 0.25) is 5.96 Å². The Bertz CT molecular complexity index is 444. The van der Waals surface area contributed by atoms with Gasteiger partial charge in [0.15, 0.2) is 0 Å². The van der Waals surface area contributed by atoms with Crippen molar-refractivity contribution in [3.05, 3.63) is 35.4 Å². The van der Waals surface area contributed by atoms with Gasteiger partial charge in [0.1, 0.15) is 0 Å².